The van der Waals surface area contributed by atoms with Gasteiger partial charge in [-0.2, -0.15) is 0 Å². The molecule has 0 aromatic heterocycles. The van der Waals surface area contributed by atoms with E-state index in [4.69, 9.17) is 5.73 Å². The summed E-state index contributed by atoms with van der Waals surface area (Å²) in [5, 5.41) is 0. The van der Waals surface area contributed by atoms with Gasteiger partial charge in [-0.15, -0.1) is 0 Å². The fourth-order valence-electron chi connectivity index (χ4n) is 0.992. The monoisotopic (exact) mass is 144 g/mol. The van der Waals surface area contributed by atoms with Gasteiger partial charge >= 0.3 is 0 Å². The van der Waals surface area contributed by atoms with Crippen molar-refractivity contribution in [1.82, 2.24) is 4.90 Å². The molecule has 62 valence electrons. The molecule has 0 aliphatic carbocycles. The van der Waals surface area contributed by atoms with Gasteiger partial charge in [-0.1, -0.05) is 20.3 Å². The van der Waals surface area contributed by atoms with Crippen molar-refractivity contribution < 1.29 is 0 Å². The number of unbranched alkanes of at least 4 members (excludes halogenated alkanes) is 1. The van der Waals surface area contributed by atoms with Crippen molar-refractivity contribution in [2.75, 3.05) is 26.2 Å². The SMILES string of the molecule is CCCCN(CC)CCN. The lowest BCUT2D eigenvalue weighted by molar-refractivity contribution is 0.291. The van der Waals surface area contributed by atoms with E-state index in [2.05, 4.69) is 18.7 Å². The molecular weight excluding hydrogens is 124 g/mol. The van der Waals surface area contributed by atoms with Crippen molar-refractivity contribution in [2.45, 2.75) is 26.7 Å². The van der Waals surface area contributed by atoms with Gasteiger partial charge in [0.15, 0.2) is 0 Å². The number of hydrogen-bond donors (Lipinski definition) is 1. The Labute approximate surface area is 64.4 Å². The lowest BCUT2D eigenvalue weighted by atomic mass is 10.3. The van der Waals surface area contributed by atoms with E-state index in [0.29, 0.717) is 0 Å². The van der Waals surface area contributed by atoms with Crippen LogP contribution in [-0.2, 0) is 0 Å². The molecule has 0 unspecified atom stereocenters. The van der Waals surface area contributed by atoms with E-state index in [1.54, 1.807) is 0 Å². The summed E-state index contributed by atoms with van der Waals surface area (Å²) in [4.78, 5) is 2.39. The summed E-state index contributed by atoms with van der Waals surface area (Å²) in [5.74, 6) is 0. The molecule has 0 atom stereocenters. The minimum absolute atomic E-state index is 0.789. The highest BCUT2D eigenvalue weighted by Gasteiger charge is 1.97. The molecule has 0 aromatic carbocycles. The maximum Gasteiger partial charge on any atom is 0.0104 e. The molecule has 2 heteroatoms. The Morgan fingerprint density at radius 1 is 1.20 bits per heavy atom. The maximum atomic E-state index is 5.44. The van der Waals surface area contributed by atoms with Crippen molar-refractivity contribution in [2.24, 2.45) is 5.73 Å². The summed E-state index contributed by atoms with van der Waals surface area (Å²) >= 11 is 0. The molecule has 0 amide bonds. The average molecular weight is 144 g/mol. The van der Waals surface area contributed by atoms with Crippen LogP contribution < -0.4 is 5.73 Å². The minimum atomic E-state index is 0.789. The molecule has 10 heavy (non-hydrogen) atoms. The topological polar surface area (TPSA) is 29.3 Å². The number of hydrogen-bond acceptors (Lipinski definition) is 2. The Balaban J connectivity index is 3.21. The Hall–Kier alpha value is -0.0800. The highest BCUT2D eigenvalue weighted by Crippen LogP contribution is 1.92. The van der Waals surface area contributed by atoms with E-state index in [-0.39, 0.29) is 0 Å². The molecule has 0 fully saturated rings. The van der Waals surface area contributed by atoms with Crippen molar-refractivity contribution in [3.8, 4) is 0 Å². The Bertz CT molecular complexity index is 64.3. The van der Waals surface area contributed by atoms with Crippen molar-refractivity contribution >= 4 is 0 Å². The quantitative estimate of drug-likeness (QED) is 0.604. The van der Waals surface area contributed by atoms with Gasteiger partial charge in [0.05, 0.1) is 0 Å². The molecule has 0 saturated heterocycles. The second-order valence-electron chi connectivity index (χ2n) is 2.58. The van der Waals surface area contributed by atoms with E-state index < -0.39 is 0 Å². The predicted octanol–water partition coefficient (Wildman–Crippen LogP) is 1.07. The van der Waals surface area contributed by atoms with Crippen molar-refractivity contribution in [3.05, 3.63) is 0 Å². The molecule has 0 aromatic rings. The van der Waals surface area contributed by atoms with Crippen LogP contribution in [0.2, 0.25) is 0 Å². The standard InChI is InChI=1S/C8H20N2/c1-3-5-7-10(4-2)8-6-9/h3-9H2,1-2H3. The smallest absolute Gasteiger partial charge is 0.0104 e. The fourth-order valence-corrected chi connectivity index (χ4v) is 0.992. The van der Waals surface area contributed by atoms with Crippen molar-refractivity contribution in [1.29, 1.82) is 0 Å². The molecule has 0 rings (SSSR count). The number of rotatable bonds is 6. The molecule has 0 heterocycles. The van der Waals surface area contributed by atoms with Gasteiger partial charge in [0, 0.05) is 13.1 Å². The Morgan fingerprint density at radius 2 is 1.90 bits per heavy atom. The third kappa shape index (κ3) is 4.77. The second kappa shape index (κ2) is 7.03. The zero-order chi connectivity index (χ0) is 7.82. The molecule has 2 N–H and O–H groups in total. The largest absolute Gasteiger partial charge is 0.329 e. The third-order valence-electron chi connectivity index (χ3n) is 1.72. The van der Waals surface area contributed by atoms with Crippen LogP contribution in [0.1, 0.15) is 26.7 Å². The van der Waals surface area contributed by atoms with Gasteiger partial charge in [0.2, 0.25) is 0 Å². The molecule has 0 bridgehead atoms. The number of nitrogens with zero attached hydrogens (tertiary/aromatic N) is 1. The summed E-state index contributed by atoms with van der Waals surface area (Å²) in [6.45, 7) is 8.59. The summed E-state index contributed by atoms with van der Waals surface area (Å²) < 4.78 is 0. The van der Waals surface area contributed by atoms with E-state index in [1.807, 2.05) is 0 Å². The first-order chi connectivity index (χ1) is 4.85. The van der Waals surface area contributed by atoms with E-state index in [1.165, 1.54) is 19.4 Å². The van der Waals surface area contributed by atoms with E-state index >= 15 is 0 Å². The van der Waals surface area contributed by atoms with Gasteiger partial charge < -0.3 is 10.6 Å². The highest BCUT2D eigenvalue weighted by molar-refractivity contribution is 4.54. The Morgan fingerprint density at radius 3 is 2.30 bits per heavy atom. The van der Waals surface area contributed by atoms with Gasteiger partial charge in [0.25, 0.3) is 0 Å². The Kier molecular flexibility index (Phi) is 6.98. The summed E-state index contributed by atoms with van der Waals surface area (Å²) in [7, 11) is 0. The number of nitrogens with two attached hydrogens (primary N) is 1. The normalized spacial score (nSPS) is 10.8. The van der Waals surface area contributed by atoms with Crippen LogP contribution in [0.3, 0.4) is 0 Å². The predicted molar refractivity (Wildman–Crippen MR) is 46.1 cm³/mol. The fraction of sp³-hybridized carbons (Fsp3) is 1.00. The van der Waals surface area contributed by atoms with Crippen LogP contribution in [0.4, 0.5) is 0 Å². The zero-order valence-electron chi connectivity index (χ0n) is 7.27. The van der Waals surface area contributed by atoms with Crippen LogP contribution in [0.15, 0.2) is 0 Å². The van der Waals surface area contributed by atoms with Crippen molar-refractivity contribution in [3.63, 3.8) is 0 Å². The average Bonchev–Trinajstić information content (AvgIpc) is 1.98. The van der Waals surface area contributed by atoms with E-state index in [0.717, 1.165) is 19.6 Å². The zero-order valence-corrected chi connectivity index (χ0v) is 7.27. The third-order valence-corrected chi connectivity index (χ3v) is 1.72. The summed E-state index contributed by atoms with van der Waals surface area (Å²) in [5.41, 5.74) is 5.44. The number of likely N-dealkylation sites (N-methyl/N-ethyl adjacent to an activating group) is 1. The van der Waals surface area contributed by atoms with Crippen LogP contribution in [0.5, 0.6) is 0 Å². The summed E-state index contributed by atoms with van der Waals surface area (Å²) in [6, 6.07) is 0. The molecule has 0 aliphatic heterocycles. The van der Waals surface area contributed by atoms with Gasteiger partial charge in [-0.3, -0.25) is 0 Å². The molecule has 0 aliphatic rings. The van der Waals surface area contributed by atoms with Gasteiger partial charge in [-0.05, 0) is 19.5 Å². The minimum Gasteiger partial charge on any atom is -0.329 e. The van der Waals surface area contributed by atoms with Gasteiger partial charge in [0.1, 0.15) is 0 Å². The van der Waals surface area contributed by atoms with Crippen LogP contribution in [0.25, 0.3) is 0 Å². The summed E-state index contributed by atoms with van der Waals surface area (Å²) in [6.07, 6.45) is 2.58. The lowest BCUT2D eigenvalue weighted by Gasteiger charge is -2.18. The molecule has 2 nitrogen and oxygen atoms in total. The van der Waals surface area contributed by atoms with Crippen LogP contribution in [-0.4, -0.2) is 31.1 Å². The molecule has 0 saturated carbocycles. The van der Waals surface area contributed by atoms with Gasteiger partial charge in [-0.25, -0.2) is 0 Å². The first-order valence-corrected chi connectivity index (χ1v) is 4.27. The van der Waals surface area contributed by atoms with Crippen LogP contribution in [0, 0.1) is 0 Å². The maximum absolute atomic E-state index is 5.44. The van der Waals surface area contributed by atoms with Crippen LogP contribution >= 0.6 is 0 Å². The second-order valence-corrected chi connectivity index (χ2v) is 2.58. The molecule has 0 radical (unpaired) electrons. The first kappa shape index (κ1) is 9.92. The molecule has 0 spiro atoms. The first-order valence-electron chi connectivity index (χ1n) is 4.27. The molecular formula is C8H20N2. The highest BCUT2D eigenvalue weighted by atomic mass is 15.1. The lowest BCUT2D eigenvalue weighted by Crippen LogP contribution is -2.30. The van der Waals surface area contributed by atoms with E-state index in [9.17, 15) is 0 Å².